The van der Waals surface area contributed by atoms with E-state index >= 15 is 0 Å². The average Bonchev–Trinajstić information content (AvgIpc) is 2.64. The van der Waals surface area contributed by atoms with Gasteiger partial charge in [0.25, 0.3) is 0 Å². The van der Waals surface area contributed by atoms with E-state index in [4.69, 9.17) is 28.9 Å². The fourth-order valence-corrected chi connectivity index (χ4v) is 2.79. The van der Waals surface area contributed by atoms with Gasteiger partial charge >= 0.3 is 0 Å². The predicted octanol–water partition coefficient (Wildman–Crippen LogP) is 4.18. The van der Waals surface area contributed by atoms with Crippen LogP contribution in [0.25, 0.3) is 10.4 Å². The largest absolute Gasteiger partial charge is 0.326 e. The first-order valence-corrected chi connectivity index (χ1v) is 6.02. The molecule has 78 valence electrons. The standard InChI is InChI=1S/C11H9Cl2NS/c12-9-5-7(6-14)1-2-8(9)10-3-4-11(13)15-10/h1-5H,6,14H2. The zero-order valence-electron chi connectivity index (χ0n) is 7.84. The van der Waals surface area contributed by atoms with E-state index in [0.717, 1.165) is 25.4 Å². The van der Waals surface area contributed by atoms with Gasteiger partial charge in [0, 0.05) is 22.0 Å². The van der Waals surface area contributed by atoms with Gasteiger partial charge in [-0.05, 0) is 23.8 Å². The van der Waals surface area contributed by atoms with Gasteiger partial charge in [-0.25, -0.2) is 0 Å². The maximum absolute atomic E-state index is 6.16. The lowest BCUT2D eigenvalue weighted by molar-refractivity contribution is 1.07. The van der Waals surface area contributed by atoms with Gasteiger partial charge in [-0.3, -0.25) is 0 Å². The summed E-state index contributed by atoms with van der Waals surface area (Å²) in [6.07, 6.45) is 0. The highest BCUT2D eigenvalue weighted by Gasteiger charge is 2.06. The molecule has 0 aliphatic heterocycles. The molecule has 15 heavy (non-hydrogen) atoms. The first-order valence-electron chi connectivity index (χ1n) is 4.45. The van der Waals surface area contributed by atoms with Crippen molar-refractivity contribution in [3.05, 3.63) is 45.3 Å². The van der Waals surface area contributed by atoms with Crippen LogP contribution < -0.4 is 5.73 Å². The van der Waals surface area contributed by atoms with Gasteiger partial charge in [-0.1, -0.05) is 35.3 Å². The Morgan fingerprint density at radius 2 is 1.93 bits per heavy atom. The Balaban J connectivity index is 2.45. The maximum atomic E-state index is 6.16. The Hall–Kier alpha value is -0.540. The van der Waals surface area contributed by atoms with Crippen LogP contribution in [0, 0.1) is 0 Å². The normalized spacial score (nSPS) is 10.6. The van der Waals surface area contributed by atoms with Crippen molar-refractivity contribution in [1.82, 2.24) is 0 Å². The van der Waals surface area contributed by atoms with Gasteiger partial charge in [0.2, 0.25) is 0 Å². The first-order chi connectivity index (χ1) is 7.20. The minimum atomic E-state index is 0.505. The molecule has 0 aliphatic carbocycles. The number of nitrogens with two attached hydrogens (primary N) is 1. The molecule has 1 aromatic heterocycles. The number of thiophene rings is 1. The third-order valence-corrected chi connectivity index (χ3v) is 3.69. The van der Waals surface area contributed by atoms with Crippen LogP contribution in [0.15, 0.2) is 30.3 Å². The molecule has 0 saturated heterocycles. The third-order valence-electron chi connectivity index (χ3n) is 2.11. The molecule has 0 saturated carbocycles. The van der Waals surface area contributed by atoms with Crippen molar-refractivity contribution in [1.29, 1.82) is 0 Å². The molecule has 0 spiro atoms. The number of hydrogen-bond donors (Lipinski definition) is 1. The second-order valence-electron chi connectivity index (χ2n) is 3.12. The van der Waals surface area contributed by atoms with Gasteiger partial charge in [0.15, 0.2) is 0 Å². The Bertz CT molecular complexity index is 479. The molecule has 0 aliphatic rings. The molecule has 1 heterocycles. The summed E-state index contributed by atoms with van der Waals surface area (Å²) >= 11 is 13.6. The van der Waals surface area contributed by atoms with Crippen LogP contribution in [0.4, 0.5) is 0 Å². The third kappa shape index (κ3) is 2.34. The summed E-state index contributed by atoms with van der Waals surface area (Å²) in [5.41, 5.74) is 7.57. The molecule has 2 rings (SSSR count). The zero-order chi connectivity index (χ0) is 10.8. The van der Waals surface area contributed by atoms with Gasteiger partial charge in [-0.2, -0.15) is 0 Å². The summed E-state index contributed by atoms with van der Waals surface area (Å²) in [6, 6.07) is 9.69. The summed E-state index contributed by atoms with van der Waals surface area (Å²) < 4.78 is 0.768. The molecule has 2 N–H and O–H groups in total. The first kappa shape index (κ1) is 11.0. The van der Waals surface area contributed by atoms with Crippen molar-refractivity contribution >= 4 is 34.5 Å². The highest BCUT2D eigenvalue weighted by atomic mass is 35.5. The van der Waals surface area contributed by atoms with Gasteiger partial charge in [0.05, 0.1) is 4.34 Å². The molecule has 0 radical (unpaired) electrons. The molecule has 2 aromatic rings. The van der Waals surface area contributed by atoms with Crippen LogP contribution in [0.5, 0.6) is 0 Å². The van der Waals surface area contributed by atoms with E-state index in [9.17, 15) is 0 Å². The molecule has 0 amide bonds. The van der Waals surface area contributed by atoms with Gasteiger partial charge in [0.1, 0.15) is 0 Å². The second kappa shape index (κ2) is 4.54. The van der Waals surface area contributed by atoms with Crippen LogP contribution in [-0.4, -0.2) is 0 Å². The minimum absolute atomic E-state index is 0.505. The molecule has 1 aromatic carbocycles. The Morgan fingerprint density at radius 1 is 1.13 bits per heavy atom. The summed E-state index contributed by atoms with van der Waals surface area (Å²) in [7, 11) is 0. The quantitative estimate of drug-likeness (QED) is 0.859. The van der Waals surface area contributed by atoms with E-state index in [1.54, 1.807) is 0 Å². The second-order valence-corrected chi connectivity index (χ2v) is 5.24. The van der Waals surface area contributed by atoms with Crippen molar-refractivity contribution in [3.63, 3.8) is 0 Å². The fourth-order valence-electron chi connectivity index (χ4n) is 1.34. The predicted molar refractivity (Wildman–Crippen MR) is 67.7 cm³/mol. The topological polar surface area (TPSA) is 26.0 Å². The van der Waals surface area contributed by atoms with Crippen LogP contribution in [-0.2, 0) is 6.54 Å². The minimum Gasteiger partial charge on any atom is -0.326 e. The van der Waals surface area contributed by atoms with Gasteiger partial charge in [-0.15, -0.1) is 11.3 Å². The SMILES string of the molecule is NCc1ccc(-c2ccc(Cl)s2)c(Cl)c1. The van der Waals surface area contributed by atoms with Crippen molar-refractivity contribution in [2.45, 2.75) is 6.54 Å². The smallest absolute Gasteiger partial charge is 0.0934 e. The number of benzene rings is 1. The Labute approximate surface area is 102 Å². The number of hydrogen-bond acceptors (Lipinski definition) is 2. The average molecular weight is 258 g/mol. The van der Waals surface area contributed by atoms with Crippen LogP contribution in [0.1, 0.15) is 5.56 Å². The lowest BCUT2D eigenvalue weighted by Crippen LogP contribution is -1.95. The number of rotatable bonds is 2. The van der Waals surface area contributed by atoms with Crippen molar-refractivity contribution in [2.24, 2.45) is 5.73 Å². The molecular weight excluding hydrogens is 249 g/mol. The molecule has 0 fully saturated rings. The zero-order valence-corrected chi connectivity index (χ0v) is 10.2. The summed E-state index contributed by atoms with van der Waals surface area (Å²) in [4.78, 5) is 1.08. The highest BCUT2D eigenvalue weighted by Crippen LogP contribution is 2.35. The molecular formula is C11H9Cl2NS. The summed E-state index contributed by atoms with van der Waals surface area (Å²) in [5, 5.41) is 0.719. The van der Waals surface area contributed by atoms with E-state index in [1.807, 2.05) is 30.3 Å². The lowest BCUT2D eigenvalue weighted by atomic mass is 10.1. The molecule has 0 bridgehead atoms. The maximum Gasteiger partial charge on any atom is 0.0934 e. The van der Waals surface area contributed by atoms with E-state index < -0.39 is 0 Å². The molecule has 0 atom stereocenters. The Morgan fingerprint density at radius 3 is 2.47 bits per heavy atom. The van der Waals surface area contributed by atoms with E-state index in [-0.39, 0.29) is 0 Å². The monoisotopic (exact) mass is 257 g/mol. The van der Waals surface area contributed by atoms with Crippen molar-refractivity contribution in [2.75, 3.05) is 0 Å². The van der Waals surface area contributed by atoms with E-state index in [0.29, 0.717) is 6.54 Å². The van der Waals surface area contributed by atoms with E-state index in [1.165, 1.54) is 11.3 Å². The summed E-state index contributed by atoms with van der Waals surface area (Å²) in [6.45, 7) is 0.505. The van der Waals surface area contributed by atoms with Gasteiger partial charge < -0.3 is 5.73 Å². The van der Waals surface area contributed by atoms with Crippen LogP contribution in [0.2, 0.25) is 9.36 Å². The molecule has 1 nitrogen and oxygen atoms in total. The Kier molecular flexibility index (Phi) is 3.32. The van der Waals surface area contributed by atoms with E-state index in [2.05, 4.69) is 0 Å². The van der Waals surface area contributed by atoms with Crippen LogP contribution >= 0.6 is 34.5 Å². The summed E-state index contributed by atoms with van der Waals surface area (Å²) in [5.74, 6) is 0. The lowest BCUT2D eigenvalue weighted by Gasteiger charge is -2.03. The highest BCUT2D eigenvalue weighted by molar-refractivity contribution is 7.19. The van der Waals surface area contributed by atoms with Crippen molar-refractivity contribution in [3.8, 4) is 10.4 Å². The number of halogens is 2. The van der Waals surface area contributed by atoms with Crippen molar-refractivity contribution < 1.29 is 0 Å². The van der Waals surface area contributed by atoms with Crippen LogP contribution in [0.3, 0.4) is 0 Å². The molecule has 4 heteroatoms. The molecule has 0 unspecified atom stereocenters. The fraction of sp³-hybridized carbons (Fsp3) is 0.0909.